The Bertz CT molecular complexity index is 2490. The van der Waals surface area contributed by atoms with E-state index in [1.54, 1.807) is 0 Å². The molecule has 2 heterocycles. The van der Waals surface area contributed by atoms with Crippen LogP contribution in [0.5, 0.6) is 11.8 Å². The van der Waals surface area contributed by atoms with Crippen molar-refractivity contribution < 1.29 is 4.74 Å². The maximum atomic E-state index is 6.53. The van der Waals surface area contributed by atoms with Crippen molar-refractivity contribution in [2.24, 2.45) is 0 Å². The molecular weight excluding hydrogens is 599 g/mol. The zero-order chi connectivity index (χ0) is 33.3. The van der Waals surface area contributed by atoms with Crippen LogP contribution in [0.25, 0.3) is 61.1 Å². The normalized spacial score (nSPS) is 13.1. The zero-order valence-corrected chi connectivity index (χ0v) is 28.0. The van der Waals surface area contributed by atoms with Gasteiger partial charge in [0.1, 0.15) is 5.75 Å². The van der Waals surface area contributed by atoms with Gasteiger partial charge >= 0.3 is 6.01 Å². The first-order chi connectivity index (χ1) is 23.8. The van der Waals surface area contributed by atoms with Crippen molar-refractivity contribution in [3.8, 4) is 51.1 Å². The molecule has 49 heavy (non-hydrogen) atoms. The Balaban J connectivity index is 1.17. The van der Waals surface area contributed by atoms with Crippen molar-refractivity contribution in [2.45, 2.75) is 33.1 Å². The smallest absolute Gasteiger partial charge is 0.323 e. The predicted octanol–water partition coefficient (Wildman–Crippen LogP) is 11.6. The molecule has 8 aromatic rings. The van der Waals surface area contributed by atoms with Crippen LogP contribution in [0, 0.1) is 13.8 Å². The average Bonchev–Trinajstić information content (AvgIpc) is 3.56. The van der Waals surface area contributed by atoms with E-state index >= 15 is 0 Å². The van der Waals surface area contributed by atoms with E-state index < -0.39 is 0 Å². The van der Waals surface area contributed by atoms with E-state index in [0.717, 1.165) is 33.7 Å². The largest absolute Gasteiger partial charge is 0.424 e. The fraction of sp³-hybridized carbons (Fsp3) is 0.111. The molecule has 0 fully saturated rings. The molecule has 4 heteroatoms. The molecule has 0 amide bonds. The molecule has 0 spiro atoms. The highest BCUT2D eigenvalue weighted by Crippen LogP contribution is 2.51. The summed E-state index contributed by atoms with van der Waals surface area (Å²) in [7, 11) is 0. The molecule has 0 atom stereocenters. The molecule has 0 radical (unpaired) electrons. The number of para-hydroxylation sites is 1. The summed E-state index contributed by atoms with van der Waals surface area (Å²) in [6, 6.07) is 49.7. The van der Waals surface area contributed by atoms with Crippen molar-refractivity contribution in [1.29, 1.82) is 0 Å². The van der Waals surface area contributed by atoms with Crippen molar-refractivity contribution in [3.63, 3.8) is 0 Å². The maximum Gasteiger partial charge on any atom is 0.323 e. The Hall–Kier alpha value is -6.00. The Labute approximate surface area is 286 Å². The summed E-state index contributed by atoms with van der Waals surface area (Å²) in [5, 5.41) is 2.47. The van der Waals surface area contributed by atoms with Gasteiger partial charge in [-0.1, -0.05) is 122 Å². The molecule has 0 N–H and O–H groups in total. The summed E-state index contributed by atoms with van der Waals surface area (Å²) in [4.78, 5) is 9.80. The highest BCUT2D eigenvalue weighted by Gasteiger charge is 2.36. The Morgan fingerprint density at radius 3 is 1.90 bits per heavy atom. The summed E-state index contributed by atoms with van der Waals surface area (Å²) in [6.45, 7) is 8.85. The second kappa shape index (κ2) is 11.0. The minimum Gasteiger partial charge on any atom is -0.424 e. The summed E-state index contributed by atoms with van der Waals surface area (Å²) in [5.74, 6) is 0.674. The van der Waals surface area contributed by atoms with Crippen molar-refractivity contribution in [1.82, 2.24) is 14.5 Å². The van der Waals surface area contributed by atoms with Gasteiger partial charge in [0.05, 0.1) is 22.4 Å². The molecular formula is C45H35N3O. The van der Waals surface area contributed by atoms with E-state index in [-0.39, 0.29) is 5.41 Å². The number of aryl methyl sites for hydroxylation is 2. The van der Waals surface area contributed by atoms with Crippen LogP contribution < -0.4 is 4.74 Å². The van der Waals surface area contributed by atoms with Crippen LogP contribution >= 0.6 is 0 Å². The molecule has 4 nitrogen and oxygen atoms in total. The molecule has 0 aliphatic heterocycles. The molecule has 9 rings (SSSR count). The third-order valence-electron chi connectivity index (χ3n) is 10.1. The Morgan fingerprint density at radius 1 is 0.531 bits per heavy atom. The lowest BCUT2D eigenvalue weighted by atomic mass is 9.82. The summed E-state index contributed by atoms with van der Waals surface area (Å²) in [6.07, 6.45) is 0. The lowest BCUT2D eigenvalue weighted by Gasteiger charge is -2.21. The number of nitrogens with zero attached hydrogens (tertiary/aromatic N) is 3. The second-order valence-corrected chi connectivity index (χ2v) is 13.7. The van der Waals surface area contributed by atoms with Crippen molar-refractivity contribution in [2.75, 3.05) is 0 Å². The third-order valence-corrected chi connectivity index (χ3v) is 10.1. The van der Waals surface area contributed by atoms with Crippen molar-refractivity contribution >= 4 is 21.8 Å². The van der Waals surface area contributed by atoms with E-state index in [1.807, 2.05) is 18.2 Å². The van der Waals surface area contributed by atoms with Crippen LogP contribution in [0.1, 0.15) is 36.1 Å². The number of ether oxygens (including phenoxy) is 1. The van der Waals surface area contributed by atoms with E-state index in [2.05, 4.69) is 154 Å². The third kappa shape index (κ3) is 4.83. The first kappa shape index (κ1) is 29.2. The van der Waals surface area contributed by atoms with E-state index in [9.17, 15) is 0 Å². The van der Waals surface area contributed by atoms with Gasteiger partial charge in [0.25, 0.3) is 0 Å². The fourth-order valence-corrected chi connectivity index (χ4v) is 7.45. The van der Waals surface area contributed by atoms with Crippen LogP contribution in [-0.4, -0.2) is 14.5 Å². The monoisotopic (exact) mass is 633 g/mol. The quantitative estimate of drug-likeness (QED) is 0.189. The minimum atomic E-state index is -0.0959. The average molecular weight is 634 g/mol. The fourth-order valence-electron chi connectivity index (χ4n) is 7.45. The van der Waals surface area contributed by atoms with Gasteiger partial charge in [0.2, 0.25) is 0 Å². The second-order valence-electron chi connectivity index (χ2n) is 13.7. The van der Waals surface area contributed by atoms with E-state index in [1.165, 1.54) is 49.7 Å². The number of aromatic nitrogens is 3. The van der Waals surface area contributed by atoms with Gasteiger partial charge in [0, 0.05) is 39.1 Å². The van der Waals surface area contributed by atoms with Gasteiger partial charge in [-0.25, -0.2) is 0 Å². The number of fused-ring (bicyclic) bond motifs is 6. The molecule has 0 bridgehead atoms. The first-order valence-electron chi connectivity index (χ1n) is 16.8. The summed E-state index contributed by atoms with van der Waals surface area (Å²) < 4.78 is 8.89. The lowest BCUT2D eigenvalue weighted by Crippen LogP contribution is -2.14. The predicted molar refractivity (Wildman–Crippen MR) is 201 cm³/mol. The summed E-state index contributed by atoms with van der Waals surface area (Å²) in [5.41, 5.74) is 14.7. The SMILES string of the molecule is Cc1ccc(-c2cc(-c3ccc(C)cc3)nc(Oc3cccc(-n4c5ccccc5c5cc6c(cc54)C(C)(C)c4ccccc4-6)c3)n2)cc1. The number of hydrogen-bond acceptors (Lipinski definition) is 3. The molecule has 1 aliphatic carbocycles. The highest BCUT2D eigenvalue weighted by molar-refractivity contribution is 6.11. The van der Waals surface area contributed by atoms with Crippen LogP contribution in [0.2, 0.25) is 0 Å². The van der Waals surface area contributed by atoms with Crippen molar-refractivity contribution in [3.05, 3.63) is 162 Å². The lowest BCUT2D eigenvalue weighted by molar-refractivity contribution is 0.443. The van der Waals surface area contributed by atoms with Gasteiger partial charge < -0.3 is 9.30 Å². The van der Waals surface area contributed by atoms with Gasteiger partial charge in [-0.3, -0.25) is 0 Å². The summed E-state index contributed by atoms with van der Waals surface area (Å²) >= 11 is 0. The van der Waals surface area contributed by atoms with E-state index in [4.69, 9.17) is 14.7 Å². The Kier molecular flexibility index (Phi) is 6.57. The molecule has 0 unspecified atom stereocenters. The van der Waals surface area contributed by atoms with E-state index in [0.29, 0.717) is 11.8 Å². The first-order valence-corrected chi connectivity index (χ1v) is 16.8. The highest BCUT2D eigenvalue weighted by atomic mass is 16.5. The van der Waals surface area contributed by atoms with Crippen LogP contribution in [0.4, 0.5) is 0 Å². The molecule has 0 saturated carbocycles. The van der Waals surface area contributed by atoms with Gasteiger partial charge in [-0.15, -0.1) is 0 Å². The van der Waals surface area contributed by atoms with Gasteiger partial charge in [-0.05, 0) is 72.5 Å². The molecule has 6 aromatic carbocycles. The van der Waals surface area contributed by atoms with Crippen LogP contribution in [0.3, 0.4) is 0 Å². The number of rotatable bonds is 5. The topological polar surface area (TPSA) is 39.9 Å². The standard InChI is InChI=1S/C45H35N3O/c1-28-16-20-30(21-17-28)40-27-41(31-22-18-29(2)19-23-31)47-44(46-40)49-33-11-9-10-32(24-33)48-42-15-8-6-13-35(42)37-25-36-34-12-5-7-14-38(34)45(3,4)39(36)26-43(37)48/h5-27H,1-4H3. The minimum absolute atomic E-state index is 0.0959. The van der Waals surface area contributed by atoms with Crippen LogP contribution in [0.15, 0.2) is 140 Å². The Morgan fingerprint density at radius 2 is 1.18 bits per heavy atom. The maximum absolute atomic E-state index is 6.53. The zero-order valence-electron chi connectivity index (χ0n) is 28.0. The molecule has 1 aliphatic rings. The number of hydrogen-bond donors (Lipinski definition) is 0. The molecule has 0 saturated heterocycles. The number of benzene rings is 6. The van der Waals surface area contributed by atoms with Crippen LogP contribution in [-0.2, 0) is 5.41 Å². The van der Waals surface area contributed by atoms with Gasteiger partial charge in [-0.2, -0.15) is 9.97 Å². The van der Waals surface area contributed by atoms with Gasteiger partial charge in [0.15, 0.2) is 0 Å². The molecule has 236 valence electrons. The molecule has 2 aromatic heterocycles.